The lowest BCUT2D eigenvalue weighted by molar-refractivity contribution is -0.115. The Morgan fingerprint density at radius 1 is 0.947 bits per heavy atom. The predicted molar refractivity (Wildman–Crippen MR) is 139 cm³/mol. The molecule has 0 saturated carbocycles. The number of nitrogens with one attached hydrogen (secondary N) is 3. The van der Waals surface area contributed by atoms with Crippen LogP contribution in [-0.2, 0) is 11.2 Å². The molecule has 3 aromatic carbocycles. The fourth-order valence-corrected chi connectivity index (χ4v) is 3.56. The maximum Gasteiger partial charge on any atom is 0.319 e. The summed E-state index contributed by atoms with van der Waals surface area (Å²) < 4.78 is 38.9. The average Bonchev–Trinajstić information content (AvgIpc) is 2.91. The molecule has 0 aliphatic heterocycles. The summed E-state index contributed by atoms with van der Waals surface area (Å²) in [5, 5.41) is 8.40. The van der Waals surface area contributed by atoms with E-state index in [9.17, 15) is 18.4 Å². The van der Waals surface area contributed by atoms with Crippen LogP contribution in [0.2, 0.25) is 0 Å². The average molecular weight is 522 g/mol. The number of urea groups is 1. The number of nitrogens with zero attached hydrogens (tertiary/aromatic N) is 2. The van der Waals surface area contributed by atoms with Crippen molar-refractivity contribution in [3.05, 3.63) is 78.1 Å². The van der Waals surface area contributed by atoms with E-state index < -0.39 is 11.8 Å². The molecule has 1 aromatic heterocycles. The van der Waals surface area contributed by atoms with Gasteiger partial charge in [-0.2, -0.15) is 0 Å². The quantitative estimate of drug-likeness (QED) is 0.271. The highest BCUT2D eigenvalue weighted by Crippen LogP contribution is 2.35. The van der Waals surface area contributed by atoms with Crippen LogP contribution in [0.4, 0.5) is 25.0 Å². The number of aromatic nitrogens is 2. The van der Waals surface area contributed by atoms with Crippen LogP contribution >= 0.6 is 0 Å². The number of benzene rings is 3. The van der Waals surface area contributed by atoms with E-state index in [-0.39, 0.29) is 35.5 Å². The number of fused-ring (bicyclic) bond motifs is 1. The van der Waals surface area contributed by atoms with Crippen molar-refractivity contribution in [2.24, 2.45) is 0 Å². The van der Waals surface area contributed by atoms with E-state index in [1.807, 2.05) is 0 Å². The molecular formula is C27H25F2N5O4. The first-order valence-corrected chi connectivity index (χ1v) is 11.8. The van der Waals surface area contributed by atoms with Crippen molar-refractivity contribution in [2.45, 2.75) is 19.8 Å². The Morgan fingerprint density at radius 2 is 1.74 bits per heavy atom. The molecule has 0 fully saturated rings. The van der Waals surface area contributed by atoms with Gasteiger partial charge in [-0.1, -0.05) is 19.1 Å². The summed E-state index contributed by atoms with van der Waals surface area (Å²) in [6, 6.07) is 12.7. The molecule has 0 aliphatic carbocycles. The van der Waals surface area contributed by atoms with Crippen molar-refractivity contribution in [1.82, 2.24) is 15.3 Å². The van der Waals surface area contributed by atoms with E-state index in [1.54, 1.807) is 31.2 Å². The summed E-state index contributed by atoms with van der Waals surface area (Å²) >= 11 is 0. The van der Waals surface area contributed by atoms with Crippen molar-refractivity contribution < 1.29 is 27.8 Å². The SMILES string of the molecule is CCC(=O)Nc1cc2c(Oc3ccc(NC(=O)NCCc4ccc(F)cc4)cc3F)ncnc2cc1OC. The van der Waals surface area contributed by atoms with Crippen molar-refractivity contribution in [1.29, 1.82) is 0 Å². The van der Waals surface area contributed by atoms with Crippen molar-refractivity contribution in [3.8, 4) is 17.4 Å². The largest absolute Gasteiger partial charge is 0.494 e. The molecule has 0 aliphatic rings. The first-order valence-electron chi connectivity index (χ1n) is 11.8. The Morgan fingerprint density at radius 3 is 2.45 bits per heavy atom. The van der Waals surface area contributed by atoms with E-state index >= 15 is 0 Å². The van der Waals surface area contributed by atoms with Gasteiger partial charge < -0.3 is 25.4 Å². The zero-order chi connectivity index (χ0) is 27.1. The number of ether oxygens (including phenoxy) is 2. The molecule has 196 valence electrons. The summed E-state index contributed by atoms with van der Waals surface area (Å²) in [5.41, 5.74) is 1.96. The molecule has 0 radical (unpaired) electrons. The highest BCUT2D eigenvalue weighted by atomic mass is 19.1. The molecule has 3 N–H and O–H groups in total. The molecule has 3 amide bonds. The molecule has 0 unspecified atom stereocenters. The minimum absolute atomic E-state index is 0.0720. The summed E-state index contributed by atoms with van der Waals surface area (Å²) in [5.74, 6) is -0.914. The Balaban J connectivity index is 1.44. The number of anilines is 2. The number of carbonyl (C=O) groups is 2. The molecule has 4 rings (SSSR count). The Bertz CT molecular complexity index is 1460. The smallest absolute Gasteiger partial charge is 0.319 e. The number of halogens is 2. The van der Waals surface area contributed by atoms with Gasteiger partial charge in [0.2, 0.25) is 11.8 Å². The van der Waals surface area contributed by atoms with Crippen molar-refractivity contribution in [3.63, 3.8) is 0 Å². The second-order valence-electron chi connectivity index (χ2n) is 8.15. The van der Waals surface area contributed by atoms with Gasteiger partial charge in [0.05, 0.1) is 23.7 Å². The summed E-state index contributed by atoms with van der Waals surface area (Å²) in [7, 11) is 1.47. The Kier molecular flexibility index (Phi) is 8.27. The fourth-order valence-electron chi connectivity index (χ4n) is 3.56. The molecule has 0 saturated heterocycles. The monoisotopic (exact) mass is 521 g/mol. The third kappa shape index (κ3) is 6.49. The van der Waals surface area contributed by atoms with E-state index in [0.29, 0.717) is 35.3 Å². The summed E-state index contributed by atoms with van der Waals surface area (Å²) in [6.45, 7) is 2.03. The van der Waals surface area contributed by atoms with Crippen molar-refractivity contribution >= 4 is 34.2 Å². The minimum atomic E-state index is -0.728. The van der Waals surface area contributed by atoms with Gasteiger partial charge in [-0.3, -0.25) is 4.79 Å². The number of hydrogen-bond acceptors (Lipinski definition) is 6. The number of hydrogen-bond donors (Lipinski definition) is 3. The summed E-state index contributed by atoms with van der Waals surface area (Å²) in [6.07, 6.45) is 2.05. The van der Waals surface area contributed by atoms with E-state index in [2.05, 4.69) is 25.9 Å². The van der Waals surface area contributed by atoms with Crippen LogP contribution in [0.3, 0.4) is 0 Å². The van der Waals surface area contributed by atoms with Gasteiger partial charge in [0.25, 0.3) is 0 Å². The maximum atomic E-state index is 14.9. The lowest BCUT2D eigenvalue weighted by Gasteiger charge is -2.13. The molecular weight excluding hydrogens is 496 g/mol. The molecule has 1 heterocycles. The molecule has 38 heavy (non-hydrogen) atoms. The predicted octanol–water partition coefficient (Wildman–Crippen LogP) is 5.42. The Hall–Kier alpha value is -4.80. The van der Waals surface area contributed by atoms with Gasteiger partial charge in [-0.25, -0.2) is 23.5 Å². The van der Waals surface area contributed by atoms with E-state index in [0.717, 1.165) is 11.6 Å². The fraction of sp³-hybridized carbons (Fsp3) is 0.185. The second-order valence-corrected chi connectivity index (χ2v) is 8.15. The van der Waals surface area contributed by atoms with Crippen LogP contribution < -0.4 is 25.4 Å². The zero-order valence-electron chi connectivity index (χ0n) is 20.7. The molecule has 4 aromatic rings. The molecule has 11 heteroatoms. The highest BCUT2D eigenvalue weighted by Gasteiger charge is 2.15. The standard InChI is InChI=1S/C27H25F2N5O4/c1-3-25(35)34-22-13-19-21(14-24(22)37-2)31-15-32-26(19)38-23-9-8-18(12-20(23)29)33-27(36)30-11-10-16-4-6-17(28)7-5-16/h4-9,12-15H,3,10-11H2,1-2H3,(H,34,35)(H2,30,33,36). The van der Waals surface area contributed by atoms with Gasteiger partial charge >= 0.3 is 6.03 Å². The van der Waals surface area contributed by atoms with Crippen LogP contribution in [0.15, 0.2) is 60.9 Å². The minimum Gasteiger partial charge on any atom is -0.494 e. The number of rotatable bonds is 9. The number of amides is 3. The highest BCUT2D eigenvalue weighted by molar-refractivity contribution is 5.97. The van der Waals surface area contributed by atoms with Gasteiger partial charge in [0.15, 0.2) is 11.6 Å². The van der Waals surface area contributed by atoms with Crippen LogP contribution in [-0.4, -0.2) is 35.6 Å². The Labute approximate surface area is 217 Å². The second kappa shape index (κ2) is 12.0. The topological polar surface area (TPSA) is 114 Å². The number of methoxy groups -OCH3 is 1. The van der Waals surface area contributed by atoms with Crippen LogP contribution in [0, 0.1) is 11.6 Å². The lowest BCUT2D eigenvalue weighted by atomic mass is 10.1. The lowest BCUT2D eigenvalue weighted by Crippen LogP contribution is -2.30. The molecule has 0 atom stereocenters. The first-order chi connectivity index (χ1) is 18.4. The maximum absolute atomic E-state index is 14.9. The van der Waals surface area contributed by atoms with Gasteiger partial charge in [0, 0.05) is 30.8 Å². The van der Waals surface area contributed by atoms with Gasteiger partial charge in [-0.05, 0) is 42.3 Å². The molecule has 0 spiro atoms. The molecule has 9 nitrogen and oxygen atoms in total. The third-order valence-corrected chi connectivity index (χ3v) is 5.52. The van der Waals surface area contributed by atoms with E-state index in [4.69, 9.17) is 9.47 Å². The van der Waals surface area contributed by atoms with Gasteiger partial charge in [-0.15, -0.1) is 0 Å². The van der Waals surface area contributed by atoms with Crippen LogP contribution in [0.25, 0.3) is 10.9 Å². The van der Waals surface area contributed by atoms with Crippen LogP contribution in [0.1, 0.15) is 18.9 Å². The third-order valence-electron chi connectivity index (χ3n) is 5.52. The zero-order valence-corrected chi connectivity index (χ0v) is 20.7. The summed E-state index contributed by atoms with van der Waals surface area (Å²) in [4.78, 5) is 32.4. The van der Waals surface area contributed by atoms with Crippen molar-refractivity contribution in [2.75, 3.05) is 24.3 Å². The number of carbonyl (C=O) groups excluding carboxylic acids is 2. The van der Waals surface area contributed by atoms with Gasteiger partial charge in [0.1, 0.15) is 17.9 Å². The van der Waals surface area contributed by atoms with E-state index in [1.165, 1.54) is 37.7 Å². The first kappa shape index (κ1) is 26.3. The van der Waals surface area contributed by atoms with Crippen LogP contribution in [0.5, 0.6) is 17.4 Å². The molecule has 0 bridgehead atoms. The normalized spacial score (nSPS) is 10.6.